The number of hydrogen-bond donors (Lipinski definition) is 0. The van der Waals surface area contributed by atoms with Gasteiger partial charge in [-0.2, -0.15) is 0 Å². The van der Waals surface area contributed by atoms with Crippen LogP contribution < -0.4 is 0 Å². The van der Waals surface area contributed by atoms with E-state index >= 15 is 0 Å². The molecular weight excluding hydrogens is 577 g/mol. The van der Waals surface area contributed by atoms with E-state index in [0.717, 1.165) is 0 Å². The third-order valence-electron chi connectivity index (χ3n) is 9.05. The Morgan fingerprint density at radius 3 is 0.604 bits per heavy atom. The van der Waals surface area contributed by atoms with Crippen LogP contribution in [-0.2, 0) is 32.5 Å². The van der Waals surface area contributed by atoms with E-state index in [1.54, 1.807) is 0 Å². The molecule has 0 bridgehead atoms. The van der Waals surface area contributed by atoms with Crippen LogP contribution in [0.15, 0.2) is 97.1 Å². The van der Waals surface area contributed by atoms with Gasteiger partial charge < -0.3 is 0 Å². The Balaban J connectivity index is 0.000000257. The Labute approximate surface area is 297 Å². The molecule has 4 aromatic rings. The predicted molar refractivity (Wildman–Crippen MR) is 217 cm³/mol. The summed E-state index contributed by atoms with van der Waals surface area (Å²) in [5, 5.41) is 0. The van der Waals surface area contributed by atoms with Crippen molar-refractivity contribution in [1.82, 2.24) is 0 Å². The lowest BCUT2D eigenvalue weighted by molar-refractivity contribution is 0.568. The van der Waals surface area contributed by atoms with Crippen molar-refractivity contribution in [3.8, 4) is 11.1 Å². The SMILES string of the molecule is CC(C)(C)c1ccc(-c2ccc(C(C)(C)C)cc2)cc1.CC(C)(C)c1ccc(C(C)(C)C)cc1.CC(C)(C)c1cccc(C(C)(C)C)c1. The van der Waals surface area contributed by atoms with E-state index in [0.29, 0.717) is 0 Å². The minimum Gasteiger partial charge on any atom is -0.0617 e. The highest BCUT2D eigenvalue weighted by Gasteiger charge is 2.19. The fourth-order valence-electron chi connectivity index (χ4n) is 5.25. The van der Waals surface area contributed by atoms with Gasteiger partial charge >= 0.3 is 0 Å². The Hall–Kier alpha value is -3.12. The zero-order chi connectivity index (χ0) is 36.9. The maximum atomic E-state index is 2.33. The van der Waals surface area contributed by atoms with Gasteiger partial charge in [-0.3, -0.25) is 0 Å². The monoisotopic (exact) mass is 647 g/mol. The number of benzene rings is 4. The highest BCUT2D eigenvalue weighted by Crippen LogP contribution is 2.30. The molecule has 0 amide bonds. The number of hydrogen-bond acceptors (Lipinski definition) is 0. The quantitative estimate of drug-likeness (QED) is 0.193. The molecule has 4 rings (SSSR count). The smallest absolute Gasteiger partial charge is 0.0132 e. The lowest BCUT2D eigenvalue weighted by Gasteiger charge is -2.24. The van der Waals surface area contributed by atoms with Gasteiger partial charge in [-0.1, -0.05) is 222 Å². The van der Waals surface area contributed by atoms with Crippen LogP contribution in [0.3, 0.4) is 0 Å². The summed E-state index contributed by atoms with van der Waals surface area (Å²) >= 11 is 0. The summed E-state index contributed by atoms with van der Waals surface area (Å²) in [6, 6.07) is 35.8. The standard InChI is InChI=1S/C20H26.2C14H22/c1-19(2,3)17-11-7-15(8-12-17)16-9-13-18(14-10-16)20(4,5)6;1-13(2,3)11-7-9-12(10-8-11)14(4,5)6;1-13(2,3)11-8-7-9-12(10-11)14(4,5)6/h7-14H,1-6H3;2*7-10H,1-6H3. The van der Waals surface area contributed by atoms with E-state index in [4.69, 9.17) is 0 Å². The second-order valence-corrected chi connectivity index (χ2v) is 19.8. The van der Waals surface area contributed by atoms with Gasteiger partial charge in [0.2, 0.25) is 0 Å². The lowest BCUT2D eigenvalue weighted by atomic mass is 9.81. The third kappa shape index (κ3) is 12.7. The lowest BCUT2D eigenvalue weighted by Crippen LogP contribution is -2.15. The third-order valence-corrected chi connectivity index (χ3v) is 9.05. The highest BCUT2D eigenvalue weighted by atomic mass is 14.2. The minimum atomic E-state index is 0.217. The molecule has 0 aliphatic rings. The van der Waals surface area contributed by atoms with Crippen LogP contribution >= 0.6 is 0 Å². The summed E-state index contributed by atoms with van der Waals surface area (Å²) < 4.78 is 0. The molecule has 0 spiro atoms. The zero-order valence-corrected chi connectivity index (χ0v) is 34.2. The minimum absolute atomic E-state index is 0.217. The Kier molecular flexibility index (Phi) is 13.0. The predicted octanol–water partition coefficient (Wildman–Crippen LogP) is 14.5. The van der Waals surface area contributed by atoms with Gasteiger partial charge in [-0.15, -0.1) is 0 Å². The van der Waals surface area contributed by atoms with Crippen molar-refractivity contribution in [1.29, 1.82) is 0 Å². The van der Waals surface area contributed by atoms with Crippen LogP contribution in [0.2, 0.25) is 0 Å². The Bertz CT molecular complexity index is 1420. The first-order valence-electron chi connectivity index (χ1n) is 18.0. The van der Waals surface area contributed by atoms with Gasteiger partial charge in [0.25, 0.3) is 0 Å². The van der Waals surface area contributed by atoms with Crippen LogP contribution in [0.5, 0.6) is 0 Å². The maximum absolute atomic E-state index is 2.33. The molecular formula is C48H70. The first-order chi connectivity index (χ1) is 21.6. The second kappa shape index (κ2) is 15.2. The van der Waals surface area contributed by atoms with Crippen molar-refractivity contribution in [2.75, 3.05) is 0 Å². The molecule has 0 N–H and O–H groups in total. The molecule has 4 aromatic carbocycles. The fourth-order valence-corrected chi connectivity index (χ4v) is 5.25. The van der Waals surface area contributed by atoms with Gasteiger partial charge in [0, 0.05) is 0 Å². The molecule has 48 heavy (non-hydrogen) atoms. The van der Waals surface area contributed by atoms with Crippen molar-refractivity contribution in [3.63, 3.8) is 0 Å². The summed E-state index contributed by atoms with van der Waals surface area (Å²) in [5.74, 6) is 0. The number of rotatable bonds is 1. The van der Waals surface area contributed by atoms with Crippen LogP contribution in [-0.4, -0.2) is 0 Å². The molecule has 0 heteroatoms. The molecule has 0 heterocycles. The first-order valence-corrected chi connectivity index (χ1v) is 18.0. The molecule has 0 nitrogen and oxygen atoms in total. The molecule has 0 unspecified atom stereocenters. The molecule has 262 valence electrons. The van der Waals surface area contributed by atoms with Crippen molar-refractivity contribution >= 4 is 0 Å². The topological polar surface area (TPSA) is 0 Å². The van der Waals surface area contributed by atoms with E-state index in [2.05, 4.69) is 222 Å². The zero-order valence-electron chi connectivity index (χ0n) is 34.2. The average Bonchev–Trinajstić information content (AvgIpc) is 2.95. The molecule has 0 saturated heterocycles. The van der Waals surface area contributed by atoms with Gasteiger partial charge in [-0.05, 0) is 77.0 Å². The van der Waals surface area contributed by atoms with Crippen LogP contribution in [0, 0.1) is 0 Å². The average molecular weight is 647 g/mol. The first kappa shape index (κ1) is 41.1. The summed E-state index contributed by atoms with van der Waals surface area (Å²) in [6.07, 6.45) is 0. The van der Waals surface area contributed by atoms with Crippen LogP contribution in [0.25, 0.3) is 11.1 Å². The van der Waals surface area contributed by atoms with Gasteiger partial charge in [0.1, 0.15) is 0 Å². The highest BCUT2D eigenvalue weighted by molar-refractivity contribution is 5.64. The van der Waals surface area contributed by atoms with Crippen molar-refractivity contribution in [2.24, 2.45) is 0 Å². The van der Waals surface area contributed by atoms with Crippen molar-refractivity contribution in [3.05, 3.63) is 130 Å². The van der Waals surface area contributed by atoms with Crippen molar-refractivity contribution in [2.45, 2.75) is 157 Å². The Morgan fingerprint density at radius 2 is 0.417 bits per heavy atom. The maximum Gasteiger partial charge on any atom is -0.0132 e. The molecule has 0 saturated carbocycles. The van der Waals surface area contributed by atoms with E-state index in [9.17, 15) is 0 Å². The Morgan fingerprint density at radius 1 is 0.229 bits per heavy atom. The van der Waals surface area contributed by atoms with Crippen molar-refractivity contribution < 1.29 is 0 Å². The summed E-state index contributed by atoms with van der Waals surface area (Å²) in [7, 11) is 0. The van der Waals surface area contributed by atoms with E-state index in [1.165, 1.54) is 44.5 Å². The van der Waals surface area contributed by atoms with Gasteiger partial charge in [0.15, 0.2) is 0 Å². The molecule has 0 aliphatic heterocycles. The summed E-state index contributed by atoms with van der Waals surface area (Å²) in [6.45, 7) is 40.5. The normalized spacial score (nSPS) is 12.8. The second-order valence-electron chi connectivity index (χ2n) is 19.8. The van der Waals surface area contributed by atoms with Gasteiger partial charge in [0.05, 0.1) is 0 Å². The molecule has 0 radical (unpaired) electrons. The van der Waals surface area contributed by atoms with Crippen LogP contribution in [0.4, 0.5) is 0 Å². The summed E-state index contributed by atoms with van der Waals surface area (Å²) in [4.78, 5) is 0. The molecule has 0 aliphatic carbocycles. The van der Waals surface area contributed by atoms with E-state index < -0.39 is 0 Å². The van der Waals surface area contributed by atoms with Gasteiger partial charge in [-0.25, -0.2) is 0 Å². The largest absolute Gasteiger partial charge is 0.0617 e. The van der Waals surface area contributed by atoms with Crippen LogP contribution in [0.1, 0.15) is 158 Å². The molecule has 0 atom stereocenters. The molecule has 0 fully saturated rings. The van der Waals surface area contributed by atoms with E-state index in [-0.39, 0.29) is 32.5 Å². The summed E-state index contributed by atoms with van der Waals surface area (Å²) in [5.41, 5.74) is 12.5. The fraction of sp³-hybridized carbons (Fsp3) is 0.500. The van der Waals surface area contributed by atoms with E-state index in [1.807, 2.05) is 0 Å². The molecule has 0 aromatic heterocycles.